The molecular weight excluding hydrogens is 272 g/mol. The van der Waals surface area contributed by atoms with Crippen molar-refractivity contribution in [1.29, 1.82) is 0 Å². The number of aromatic nitrogens is 3. The van der Waals surface area contributed by atoms with Gasteiger partial charge in [0.15, 0.2) is 14.6 Å². The number of anilines is 1. The Balaban J connectivity index is 1.88. The zero-order valence-corrected chi connectivity index (χ0v) is 11.6. The lowest BCUT2D eigenvalue weighted by Crippen LogP contribution is -2.29. The highest BCUT2D eigenvalue weighted by Gasteiger charge is 2.30. The van der Waals surface area contributed by atoms with E-state index in [0.717, 1.165) is 25.3 Å². The van der Waals surface area contributed by atoms with E-state index in [9.17, 15) is 8.42 Å². The van der Waals surface area contributed by atoms with E-state index in [4.69, 9.17) is 12.2 Å². The summed E-state index contributed by atoms with van der Waals surface area (Å²) in [5.41, 5.74) is 0. The molecule has 0 spiro atoms. The lowest BCUT2D eigenvalue weighted by Gasteiger charge is -2.21. The summed E-state index contributed by atoms with van der Waals surface area (Å²) in [7, 11) is -2.89. The van der Waals surface area contributed by atoms with Crippen LogP contribution in [-0.2, 0) is 9.84 Å². The van der Waals surface area contributed by atoms with Gasteiger partial charge in [-0.15, -0.1) is 5.10 Å². The number of nitrogens with zero attached hydrogens (tertiary/aromatic N) is 3. The highest BCUT2D eigenvalue weighted by atomic mass is 32.2. The predicted octanol–water partition coefficient (Wildman–Crippen LogP) is 0.900. The molecule has 8 heteroatoms. The first-order valence-electron chi connectivity index (χ1n) is 6.19. The van der Waals surface area contributed by atoms with E-state index in [0.29, 0.717) is 23.8 Å². The third-order valence-corrected chi connectivity index (χ3v) is 5.44. The minimum atomic E-state index is -2.89. The van der Waals surface area contributed by atoms with E-state index in [2.05, 4.69) is 10.2 Å². The average molecular weight is 288 g/mol. The molecular formula is C10H16N4O2S2. The molecule has 2 fully saturated rings. The number of sulfone groups is 1. The third-order valence-electron chi connectivity index (χ3n) is 3.44. The summed E-state index contributed by atoms with van der Waals surface area (Å²) < 4.78 is 25.9. The van der Waals surface area contributed by atoms with Crippen LogP contribution in [0.15, 0.2) is 0 Å². The van der Waals surface area contributed by atoms with Crippen LogP contribution < -0.4 is 4.90 Å². The summed E-state index contributed by atoms with van der Waals surface area (Å²) in [5.74, 6) is 1.29. The average Bonchev–Trinajstić information content (AvgIpc) is 3.08. The standard InChI is InChI=1S/C10H16N4O2S2/c15-18(16)6-1-4-13(5-7-18)9-11-12-10(17)14(9)8-2-3-8/h8H,1-7H2,(H,12,17). The topological polar surface area (TPSA) is 71.0 Å². The molecule has 0 radical (unpaired) electrons. The molecule has 1 saturated carbocycles. The highest BCUT2D eigenvalue weighted by molar-refractivity contribution is 7.91. The SMILES string of the molecule is O=S1(=O)CCCN(c2n[nH]c(=S)n2C2CC2)CC1. The van der Waals surface area contributed by atoms with Crippen molar-refractivity contribution in [2.75, 3.05) is 29.5 Å². The first-order chi connectivity index (χ1) is 8.57. The van der Waals surface area contributed by atoms with Crippen LogP contribution in [0.2, 0.25) is 0 Å². The van der Waals surface area contributed by atoms with Crippen LogP contribution in [0.5, 0.6) is 0 Å². The van der Waals surface area contributed by atoms with Crippen molar-refractivity contribution in [3.63, 3.8) is 0 Å². The molecule has 0 bridgehead atoms. The largest absolute Gasteiger partial charge is 0.340 e. The predicted molar refractivity (Wildman–Crippen MR) is 71.2 cm³/mol. The van der Waals surface area contributed by atoms with Gasteiger partial charge in [-0.3, -0.25) is 4.57 Å². The number of hydrogen-bond donors (Lipinski definition) is 1. The summed E-state index contributed by atoms with van der Waals surface area (Å²) in [6, 6.07) is 0.450. The Morgan fingerprint density at radius 3 is 2.78 bits per heavy atom. The molecule has 18 heavy (non-hydrogen) atoms. The van der Waals surface area contributed by atoms with Crippen LogP contribution in [0, 0.1) is 4.77 Å². The maximum Gasteiger partial charge on any atom is 0.226 e. The summed E-state index contributed by atoms with van der Waals surface area (Å²) in [4.78, 5) is 2.04. The van der Waals surface area contributed by atoms with Gasteiger partial charge in [0.05, 0.1) is 11.5 Å². The maximum atomic E-state index is 11.6. The van der Waals surface area contributed by atoms with Gasteiger partial charge in [-0.25, -0.2) is 13.5 Å². The van der Waals surface area contributed by atoms with Crippen molar-refractivity contribution in [2.24, 2.45) is 0 Å². The summed E-state index contributed by atoms with van der Waals surface area (Å²) in [6.07, 6.45) is 2.92. The first-order valence-corrected chi connectivity index (χ1v) is 8.42. The number of H-pyrrole nitrogens is 1. The summed E-state index contributed by atoms with van der Waals surface area (Å²) >= 11 is 5.24. The second-order valence-electron chi connectivity index (χ2n) is 4.92. The molecule has 3 rings (SSSR count). The van der Waals surface area contributed by atoms with Gasteiger partial charge in [0.1, 0.15) is 0 Å². The molecule has 1 aliphatic heterocycles. The summed E-state index contributed by atoms with van der Waals surface area (Å²) in [6.45, 7) is 1.24. The number of rotatable bonds is 2. The van der Waals surface area contributed by atoms with Crippen LogP contribution in [-0.4, -0.2) is 47.8 Å². The van der Waals surface area contributed by atoms with Gasteiger partial charge < -0.3 is 4.90 Å². The molecule has 6 nitrogen and oxygen atoms in total. The molecule has 0 unspecified atom stereocenters. The van der Waals surface area contributed by atoms with E-state index >= 15 is 0 Å². The second-order valence-corrected chi connectivity index (χ2v) is 7.61. The van der Waals surface area contributed by atoms with Gasteiger partial charge in [0.25, 0.3) is 0 Å². The maximum absolute atomic E-state index is 11.6. The fraction of sp³-hybridized carbons (Fsp3) is 0.800. The fourth-order valence-electron chi connectivity index (χ4n) is 2.32. The molecule has 1 aliphatic carbocycles. The highest BCUT2D eigenvalue weighted by Crippen LogP contribution is 2.37. The molecule has 100 valence electrons. The summed E-state index contributed by atoms with van der Waals surface area (Å²) in [5, 5.41) is 7.09. The first kappa shape index (κ1) is 12.2. The monoisotopic (exact) mass is 288 g/mol. The van der Waals surface area contributed by atoms with Gasteiger partial charge in [-0.05, 0) is 31.5 Å². The molecule has 0 amide bonds. The van der Waals surface area contributed by atoms with Crippen molar-refractivity contribution >= 4 is 28.0 Å². The number of aromatic amines is 1. The van der Waals surface area contributed by atoms with Crippen LogP contribution >= 0.6 is 12.2 Å². The van der Waals surface area contributed by atoms with Crippen molar-refractivity contribution in [2.45, 2.75) is 25.3 Å². The number of nitrogens with one attached hydrogen (secondary N) is 1. The Hall–Kier alpha value is -0.890. The quantitative estimate of drug-likeness (QED) is 0.819. The van der Waals surface area contributed by atoms with Gasteiger partial charge >= 0.3 is 0 Å². The minimum Gasteiger partial charge on any atom is -0.340 e. The van der Waals surface area contributed by atoms with E-state index in [1.807, 2.05) is 9.47 Å². The lowest BCUT2D eigenvalue weighted by molar-refractivity contribution is 0.597. The van der Waals surface area contributed by atoms with Gasteiger partial charge in [0, 0.05) is 19.1 Å². The Labute approximate surface area is 111 Å². The fourth-order valence-corrected chi connectivity index (χ4v) is 3.87. The zero-order chi connectivity index (χ0) is 12.8. The van der Waals surface area contributed by atoms with E-state index in [1.54, 1.807) is 0 Å². The normalized spacial score (nSPS) is 23.9. The Morgan fingerprint density at radius 1 is 1.28 bits per heavy atom. The molecule has 1 aromatic rings. The van der Waals surface area contributed by atoms with Crippen LogP contribution in [0.3, 0.4) is 0 Å². The van der Waals surface area contributed by atoms with Crippen LogP contribution in [0.25, 0.3) is 0 Å². The number of hydrogen-bond acceptors (Lipinski definition) is 5. The van der Waals surface area contributed by atoms with Crippen molar-refractivity contribution in [3.8, 4) is 0 Å². The Morgan fingerprint density at radius 2 is 2.06 bits per heavy atom. The van der Waals surface area contributed by atoms with E-state index < -0.39 is 9.84 Å². The molecule has 1 saturated heterocycles. The minimum absolute atomic E-state index is 0.206. The second kappa shape index (κ2) is 4.34. The molecule has 1 aromatic heterocycles. The molecule has 0 aromatic carbocycles. The Bertz CT molecular complexity index is 600. The molecule has 0 atom stereocenters. The van der Waals surface area contributed by atoms with Crippen molar-refractivity contribution in [1.82, 2.24) is 14.8 Å². The van der Waals surface area contributed by atoms with Crippen LogP contribution in [0.1, 0.15) is 25.3 Å². The Kier molecular flexibility index (Phi) is 2.93. The van der Waals surface area contributed by atoms with E-state index in [-0.39, 0.29) is 11.5 Å². The third kappa shape index (κ3) is 2.31. The molecule has 2 aliphatic rings. The zero-order valence-electron chi connectivity index (χ0n) is 10.0. The molecule has 2 heterocycles. The van der Waals surface area contributed by atoms with Gasteiger partial charge in [-0.1, -0.05) is 0 Å². The van der Waals surface area contributed by atoms with Crippen LogP contribution in [0.4, 0.5) is 5.95 Å². The van der Waals surface area contributed by atoms with E-state index in [1.165, 1.54) is 0 Å². The van der Waals surface area contributed by atoms with Crippen molar-refractivity contribution in [3.05, 3.63) is 4.77 Å². The smallest absolute Gasteiger partial charge is 0.226 e. The van der Waals surface area contributed by atoms with Gasteiger partial charge in [0.2, 0.25) is 5.95 Å². The van der Waals surface area contributed by atoms with Crippen molar-refractivity contribution < 1.29 is 8.42 Å². The lowest BCUT2D eigenvalue weighted by atomic mass is 10.4. The van der Waals surface area contributed by atoms with Gasteiger partial charge in [-0.2, -0.15) is 0 Å². The molecule has 1 N–H and O–H groups in total.